The summed E-state index contributed by atoms with van der Waals surface area (Å²) in [6.45, 7) is 9.64. The first kappa shape index (κ1) is 14.7. The third-order valence-corrected chi connectivity index (χ3v) is 3.09. The predicted octanol–water partition coefficient (Wildman–Crippen LogP) is 2.41. The molecule has 1 aliphatic rings. The van der Waals surface area contributed by atoms with Crippen molar-refractivity contribution in [2.24, 2.45) is 0 Å². The van der Waals surface area contributed by atoms with Gasteiger partial charge in [0.15, 0.2) is 0 Å². The van der Waals surface area contributed by atoms with Gasteiger partial charge in [-0.2, -0.15) is 0 Å². The molecular weight excluding hydrogens is 224 g/mol. The van der Waals surface area contributed by atoms with E-state index in [2.05, 4.69) is 11.9 Å². The molecule has 0 unspecified atom stereocenters. The lowest BCUT2D eigenvalue weighted by Crippen LogP contribution is -2.47. The average Bonchev–Trinajstić information content (AvgIpc) is 2.42. The number of piperazine rings is 1. The van der Waals surface area contributed by atoms with Crippen LogP contribution in [0.2, 0.25) is 0 Å². The first-order chi connectivity index (χ1) is 8.66. The SMILES string of the molecule is CC.Cc1ccc(C(=O)N2CCN(C)CC2)cc1. The van der Waals surface area contributed by atoms with E-state index in [1.165, 1.54) is 5.56 Å². The maximum absolute atomic E-state index is 12.1. The molecule has 1 saturated heterocycles. The van der Waals surface area contributed by atoms with E-state index in [0.29, 0.717) is 0 Å². The largest absolute Gasteiger partial charge is 0.336 e. The molecule has 0 saturated carbocycles. The number of hydrogen-bond donors (Lipinski definition) is 0. The molecule has 1 fully saturated rings. The van der Waals surface area contributed by atoms with Crippen molar-refractivity contribution in [2.45, 2.75) is 20.8 Å². The van der Waals surface area contributed by atoms with Crippen LogP contribution in [0.1, 0.15) is 29.8 Å². The lowest BCUT2D eigenvalue weighted by Gasteiger charge is -2.32. The second-order valence-corrected chi connectivity index (χ2v) is 4.46. The Morgan fingerprint density at radius 1 is 1.00 bits per heavy atom. The molecule has 18 heavy (non-hydrogen) atoms. The molecule has 0 N–H and O–H groups in total. The summed E-state index contributed by atoms with van der Waals surface area (Å²) in [7, 11) is 2.09. The van der Waals surface area contributed by atoms with E-state index in [0.717, 1.165) is 31.7 Å². The summed E-state index contributed by atoms with van der Waals surface area (Å²) in [4.78, 5) is 16.3. The van der Waals surface area contributed by atoms with Gasteiger partial charge in [0.2, 0.25) is 0 Å². The van der Waals surface area contributed by atoms with E-state index in [4.69, 9.17) is 0 Å². The van der Waals surface area contributed by atoms with Crippen molar-refractivity contribution in [3.8, 4) is 0 Å². The molecule has 1 aliphatic heterocycles. The summed E-state index contributed by atoms with van der Waals surface area (Å²) in [5, 5.41) is 0. The average molecular weight is 248 g/mol. The van der Waals surface area contributed by atoms with E-state index in [1.54, 1.807) is 0 Å². The van der Waals surface area contributed by atoms with Gasteiger partial charge in [-0.3, -0.25) is 4.79 Å². The number of carbonyl (C=O) groups is 1. The van der Waals surface area contributed by atoms with Crippen LogP contribution in [-0.4, -0.2) is 48.9 Å². The van der Waals surface area contributed by atoms with Crippen LogP contribution in [0.15, 0.2) is 24.3 Å². The second kappa shape index (κ2) is 7.17. The number of rotatable bonds is 1. The molecule has 3 nitrogen and oxygen atoms in total. The highest BCUT2D eigenvalue weighted by atomic mass is 16.2. The zero-order valence-corrected chi connectivity index (χ0v) is 11.9. The lowest BCUT2D eigenvalue weighted by molar-refractivity contribution is 0.0664. The molecule has 1 amide bonds. The normalized spacial score (nSPS) is 15.9. The number of likely N-dealkylation sites (N-methyl/N-ethyl adjacent to an activating group) is 1. The molecule has 0 aliphatic carbocycles. The quantitative estimate of drug-likeness (QED) is 0.762. The Bertz CT molecular complexity index is 365. The molecule has 0 radical (unpaired) electrons. The first-order valence-corrected chi connectivity index (χ1v) is 6.71. The third kappa shape index (κ3) is 3.84. The summed E-state index contributed by atoms with van der Waals surface area (Å²) in [6, 6.07) is 7.80. The van der Waals surface area contributed by atoms with E-state index in [1.807, 2.05) is 49.9 Å². The van der Waals surface area contributed by atoms with Gasteiger partial charge >= 0.3 is 0 Å². The van der Waals surface area contributed by atoms with Crippen molar-refractivity contribution in [1.82, 2.24) is 9.80 Å². The number of hydrogen-bond acceptors (Lipinski definition) is 2. The number of benzene rings is 1. The van der Waals surface area contributed by atoms with E-state index < -0.39 is 0 Å². The minimum absolute atomic E-state index is 0.160. The fraction of sp³-hybridized carbons (Fsp3) is 0.533. The van der Waals surface area contributed by atoms with Crippen LogP contribution in [0.5, 0.6) is 0 Å². The minimum Gasteiger partial charge on any atom is -0.336 e. The van der Waals surface area contributed by atoms with Gasteiger partial charge in [0, 0.05) is 31.7 Å². The summed E-state index contributed by atoms with van der Waals surface area (Å²) < 4.78 is 0. The summed E-state index contributed by atoms with van der Waals surface area (Å²) in [6.07, 6.45) is 0. The lowest BCUT2D eigenvalue weighted by atomic mass is 10.1. The summed E-state index contributed by atoms with van der Waals surface area (Å²) in [5.74, 6) is 0.160. The van der Waals surface area contributed by atoms with Gasteiger partial charge in [0.25, 0.3) is 5.91 Å². The molecule has 0 aromatic heterocycles. The van der Waals surface area contributed by atoms with Crippen molar-refractivity contribution in [1.29, 1.82) is 0 Å². The molecule has 100 valence electrons. The van der Waals surface area contributed by atoms with Crippen molar-refractivity contribution in [3.05, 3.63) is 35.4 Å². The van der Waals surface area contributed by atoms with Crippen LogP contribution >= 0.6 is 0 Å². The number of aryl methyl sites for hydroxylation is 1. The molecule has 0 spiro atoms. The van der Waals surface area contributed by atoms with Crippen molar-refractivity contribution in [3.63, 3.8) is 0 Å². The van der Waals surface area contributed by atoms with Crippen LogP contribution in [0, 0.1) is 6.92 Å². The number of nitrogens with zero attached hydrogens (tertiary/aromatic N) is 2. The smallest absolute Gasteiger partial charge is 0.253 e. The zero-order chi connectivity index (χ0) is 13.5. The van der Waals surface area contributed by atoms with Crippen LogP contribution in [0.25, 0.3) is 0 Å². The highest BCUT2D eigenvalue weighted by Crippen LogP contribution is 2.09. The Hall–Kier alpha value is -1.35. The predicted molar refractivity (Wildman–Crippen MR) is 75.9 cm³/mol. The van der Waals surface area contributed by atoms with E-state index >= 15 is 0 Å². The maximum Gasteiger partial charge on any atom is 0.253 e. The summed E-state index contributed by atoms with van der Waals surface area (Å²) >= 11 is 0. The van der Waals surface area contributed by atoms with Crippen molar-refractivity contribution in [2.75, 3.05) is 33.2 Å². The van der Waals surface area contributed by atoms with Gasteiger partial charge in [-0.1, -0.05) is 31.5 Å². The van der Waals surface area contributed by atoms with Crippen LogP contribution in [-0.2, 0) is 0 Å². The summed E-state index contributed by atoms with van der Waals surface area (Å²) in [5.41, 5.74) is 1.99. The van der Waals surface area contributed by atoms with Crippen LogP contribution < -0.4 is 0 Å². The third-order valence-electron chi connectivity index (χ3n) is 3.09. The molecular formula is C15H24N2O. The fourth-order valence-electron chi connectivity index (χ4n) is 1.89. The first-order valence-electron chi connectivity index (χ1n) is 6.71. The van der Waals surface area contributed by atoms with Gasteiger partial charge < -0.3 is 9.80 Å². The Morgan fingerprint density at radius 3 is 2.00 bits per heavy atom. The van der Waals surface area contributed by atoms with Crippen LogP contribution in [0.3, 0.4) is 0 Å². The number of amides is 1. The zero-order valence-electron chi connectivity index (χ0n) is 11.9. The molecule has 3 heteroatoms. The van der Waals surface area contributed by atoms with Crippen molar-refractivity contribution >= 4 is 5.91 Å². The minimum atomic E-state index is 0.160. The Morgan fingerprint density at radius 2 is 1.50 bits per heavy atom. The second-order valence-electron chi connectivity index (χ2n) is 4.46. The van der Waals surface area contributed by atoms with Gasteiger partial charge in [-0.05, 0) is 26.1 Å². The van der Waals surface area contributed by atoms with Gasteiger partial charge in [-0.15, -0.1) is 0 Å². The van der Waals surface area contributed by atoms with Crippen molar-refractivity contribution < 1.29 is 4.79 Å². The van der Waals surface area contributed by atoms with Gasteiger partial charge in [-0.25, -0.2) is 0 Å². The molecule has 1 aromatic rings. The molecule has 1 heterocycles. The van der Waals surface area contributed by atoms with E-state index in [-0.39, 0.29) is 5.91 Å². The maximum atomic E-state index is 12.1. The fourth-order valence-corrected chi connectivity index (χ4v) is 1.89. The molecule has 2 rings (SSSR count). The monoisotopic (exact) mass is 248 g/mol. The highest BCUT2D eigenvalue weighted by Gasteiger charge is 2.19. The molecule has 0 atom stereocenters. The highest BCUT2D eigenvalue weighted by molar-refractivity contribution is 5.94. The Kier molecular flexibility index (Phi) is 5.86. The standard InChI is InChI=1S/C13H18N2O.C2H6/c1-11-3-5-12(6-4-11)13(16)15-9-7-14(2)8-10-15;1-2/h3-6H,7-10H2,1-2H3;1-2H3. The van der Waals surface area contributed by atoms with E-state index in [9.17, 15) is 4.79 Å². The van der Waals surface area contributed by atoms with Crippen LogP contribution in [0.4, 0.5) is 0 Å². The molecule has 0 bridgehead atoms. The number of carbonyl (C=O) groups excluding carboxylic acids is 1. The van der Waals surface area contributed by atoms with Gasteiger partial charge in [0.1, 0.15) is 0 Å². The topological polar surface area (TPSA) is 23.6 Å². The molecule has 1 aromatic carbocycles. The Balaban J connectivity index is 0.000000771. The Labute approximate surface area is 110 Å². The van der Waals surface area contributed by atoms with Gasteiger partial charge in [0.05, 0.1) is 0 Å².